The number of carboxylic acids is 1. The van der Waals surface area contributed by atoms with Crippen LogP contribution in [0.25, 0.3) is 0 Å². The SMILES string of the molecule is CC(=N)N.CC(=O)O.CC(O)CO. The molecule has 1 atom stereocenters. The van der Waals surface area contributed by atoms with Gasteiger partial charge < -0.3 is 21.1 Å². The Morgan fingerprint density at radius 2 is 1.62 bits per heavy atom. The lowest BCUT2D eigenvalue weighted by Crippen LogP contribution is -2.03. The van der Waals surface area contributed by atoms with E-state index in [0.29, 0.717) is 0 Å². The monoisotopic (exact) mass is 194 g/mol. The number of aliphatic hydroxyl groups is 2. The molecule has 0 radical (unpaired) electrons. The Hall–Kier alpha value is -1.14. The van der Waals surface area contributed by atoms with Gasteiger partial charge in [0.2, 0.25) is 0 Å². The molecule has 6 N–H and O–H groups in total. The molecule has 6 heteroatoms. The van der Waals surface area contributed by atoms with Gasteiger partial charge in [0, 0.05) is 6.92 Å². The second-order valence-electron chi connectivity index (χ2n) is 2.23. The first-order valence-electron chi connectivity index (χ1n) is 3.53. The molecule has 0 fully saturated rings. The molecular formula is C7H18N2O4. The number of hydrogen-bond donors (Lipinski definition) is 5. The highest BCUT2D eigenvalue weighted by molar-refractivity contribution is 5.73. The highest BCUT2D eigenvalue weighted by atomic mass is 16.4. The Bertz CT molecular complexity index is 116. The lowest BCUT2D eigenvalue weighted by atomic mass is 10.5. The highest BCUT2D eigenvalue weighted by Crippen LogP contribution is 1.68. The number of carboxylic acid groups (broad SMARTS) is 1. The van der Waals surface area contributed by atoms with Gasteiger partial charge in [0.05, 0.1) is 18.5 Å². The van der Waals surface area contributed by atoms with Crippen molar-refractivity contribution in [3.63, 3.8) is 0 Å². The van der Waals surface area contributed by atoms with Crippen LogP contribution in [0.2, 0.25) is 0 Å². The summed E-state index contributed by atoms with van der Waals surface area (Å²) >= 11 is 0. The number of nitrogens with one attached hydrogen (secondary N) is 1. The Balaban J connectivity index is -0.000000117. The van der Waals surface area contributed by atoms with Crippen LogP contribution < -0.4 is 5.73 Å². The van der Waals surface area contributed by atoms with Gasteiger partial charge in [0.1, 0.15) is 0 Å². The molecule has 0 aromatic rings. The molecule has 0 aromatic carbocycles. The van der Waals surface area contributed by atoms with Crippen molar-refractivity contribution < 1.29 is 20.1 Å². The van der Waals surface area contributed by atoms with Crippen LogP contribution in [-0.2, 0) is 4.79 Å². The van der Waals surface area contributed by atoms with Gasteiger partial charge in [-0.1, -0.05) is 0 Å². The van der Waals surface area contributed by atoms with E-state index in [1.165, 1.54) is 13.8 Å². The number of carbonyl (C=O) groups is 1. The van der Waals surface area contributed by atoms with Gasteiger partial charge in [0.25, 0.3) is 5.97 Å². The van der Waals surface area contributed by atoms with Gasteiger partial charge in [-0.2, -0.15) is 0 Å². The number of aliphatic carboxylic acids is 1. The predicted molar refractivity (Wildman–Crippen MR) is 49.7 cm³/mol. The fourth-order valence-electron chi connectivity index (χ4n) is 0. The zero-order valence-corrected chi connectivity index (χ0v) is 8.11. The molecule has 0 bridgehead atoms. The Labute approximate surface area is 77.5 Å². The Morgan fingerprint density at radius 3 is 1.62 bits per heavy atom. The van der Waals surface area contributed by atoms with Crippen LogP contribution in [-0.4, -0.2) is 39.8 Å². The maximum absolute atomic E-state index is 9.00. The summed E-state index contributed by atoms with van der Waals surface area (Å²) in [6.07, 6.45) is -0.560. The third-order valence-electron chi connectivity index (χ3n) is 0.264. The van der Waals surface area contributed by atoms with E-state index in [-0.39, 0.29) is 12.4 Å². The summed E-state index contributed by atoms with van der Waals surface area (Å²) in [5, 5.41) is 29.7. The standard InChI is InChI=1S/C3H8O2.C2H6N2.C2H4O2/c1-3(5)2-4;2*1-2(3)4/h3-5H,2H2,1H3;1H3,(H3,3,4);1H3,(H,3,4). The largest absolute Gasteiger partial charge is 0.481 e. The lowest BCUT2D eigenvalue weighted by Gasteiger charge is -1.90. The van der Waals surface area contributed by atoms with Crippen molar-refractivity contribution in [2.75, 3.05) is 6.61 Å². The van der Waals surface area contributed by atoms with Crippen molar-refractivity contribution >= 4 is 11.8 Å². The van der Waals surface area contributed by atoms with E-state index in [9.17, 15) is 0 Å². The van der Waals surface area contributed by atoms with Crippen molar-refractivity contribution in [3.8, 4) is 0 Å². The molecule has 0 spiro atoms. The molecule has 0 aliphatic heterocycles. The molecule has 0 heterocycles. The van der Waals surface area contributed by atoms with Crippen LogP contribution >= 0.6 is 0 Å². The topological polar surface area (TPSA) is 128 Å². The minimum absolute atomic E-state index is 0.139. The summed E-state index contributed by atoms with van der Waals surface area (Å²) in [5.41, 5.74) is 4.69. The number of rotatable bonds is 1. The van der Waals surface area contributed by atoms with Crippen molar-refractivity contribution in [2.24, 2.45) is 5.73 Å². The van der Waals surface area contributed by atoms with Gasteiger partial charge in [-0.05, 0) is 13.8 Å². The summed E-state index contributed by atoms with van der Waals surface area (Å²) in [6.45, 7) is 4.00. The highest BCUT2D eigenvalue weighted by Gasteiger charge is 1.83. The first kappa shape index (κ1) is 17.8. The second-order valence-corrected chi connectivity index (χ2v) is 2.23. The average molecular weight is 194 g/mol. The van der Waals surface area contributed by atoms with E-state index in [0.717, 1.165) is 6.92 Å². The number of hydrogen-bond acceptors (Lipinski definition) is 4. The predicted octanol–water partition coefficient (Wildman–Crippen LogP) is -0.607. The molecule has 0 saturated carbocycles. The molecular weight excluding hydrogens is 176 g/mol. The number of aliphatic hydroxyl groups excluding tert-OH is 2. The van der Waals surface area contributed by atoms with Crippen molar-refractivity contribution in [3.05, 3.63) is 0 Å². The summed E-state index contributed by atoms with van der Waals surface area (Å²) in [4.78, 5) is 9.00. The Kier molecular flexibility index (Phi) is 18.4. The maximum Gasteiger partial charge on any atom is 0.300 e. The lowest BCUT2D eigenvalue weighted by molar-refractivity contribution is -0.134. The van der Waals surface area contributed by atoms with E-state index >= 15 is 0 Å². The number of nitrogens with two attached hydrogens (primary N) is 1. The zero-order valence-electron chi connectivity index (χ0n) is 8.11. The van der Waals surface area contributed by atoms with Crippen molar-refractivity contribution in [1.82, 2.24) is 0 Å². The number of amidine groups is 1. The quantitative estimate of drug-likeness (QED) is 0.281. The van der Waals surface area contributed by atoms with E-state index in [1.807, 2.05) is 0 Å². The summed E-state index contributed by atoms with van der Waals surface area (Å²) < 4.78 is 0. The van der Waals surface area contributed by atoms with Crippen LogP contribution in [0.1, 0.15) is 20.8 Å². The normalized spacial score (nSPS) is 9.62. The molecule has 0 aromatic heterocycles. The van der Waals surface area contributed by atoms with Gasteiger partial charge in [-0.3, -0.25) is 10.2 Å². The minimum Gasteiger partial charge on any atom is -0.481 e. The van der Waals surface area contributed by atoms with E-state index in [4.69, 9.17) is 31.3 Å². The minimum atomic E-state index is -0.833. The molecule has 0 aliphatic carbocycles. The van der Waals surface area contributed by atoms with Crippen LogP contribution in [0.3, 0.4) is 0 Å². The fourth-order valence-corrected chi connectivity index (χ4v) is 0. The third-order valence-corrected chi connectivity index (χ3v) is 0.264. The average Bonchev–Trinajstić information content (AvgIpc) is 1.84. The molecule has 0 amide bonds. The fraction of sp³-hybridized carbons (Fsp3) is 0.714. The molecule has 0 rings (SSSR count). The molecule has 13 heavy (non-hydrogen) atoms. The van der Waals surface area contributed by atoms with Gasteiger partial charge in [-0.25, -0.2) is 0 Å². The summed E-state index contributed by atoms with van der Waals surface area (Å²) in [5.74, 6) is -0.667. The van der Waals surface area contributed by atoms with Crippen LogP contribution in [0.4, 0.5) is 0 Å². The van der Waals surface area contributed by atoms with Crippen molar-refractivity contribution in [2.45, 2.75) is 26.9 Å². The summed E-state index contributed by atoms with van der Waals surface area (Å²) in [7, 11) is 0. The van der Waals surface area contributed by atoms with E-state index in [1.54, 1.807) is 0 Å². The molecule has 80 valence electrons. The zero-order chi connectivity index (χ0) is 11.4. The molecule has 0 saturated heterocycles. The van der Waals surface area contributed by atoms with Crippen LogP contribution in [0, 0.1) is 5.41 Å². The van der Waals surface area contributed by atoms with E-state index < -0.39 is 12.1 Å². The van der Waals surface area contributed by atoms with Gasteiger partial charge in [0.15, 0.2) is 0 Å². The van der Waals surface area contributed by atoms with Crippen molar-refractivity contribution in [1.29, 1.82) is 5.41 Å². The first-order chi connectivity index (χ1) is 5.73. The molecule has 0 aliphatic rings. The van der Waals surface area contributed by atoms with Gasteiger partial charge >= 0.3 is 0 Å². The Morgan fingerprint density at radius 1 is 1.54 bits per heavy atom. The molecule has 1 unspecified atom stereocenters. The first-order valence-corrected chi connectivity index (χ1v) is 3.53. The van der Waals surface area contributed by atoms with Crippen LogP contribution in [0.5, 0.6) is 0 Å². The van der Waals surface area contributed by atoms with E-state index in [2.05, 4.69) is 0 Å². The molecule has 6 nitrogen and oxygen atoms in total. The third kappa shape index (κ3) is 1150. The summed E-state index contributed by atoms with van der Waals surface area (Å²) in [6, 6.07) is 0. The van der Waals surface area contributed by atoms with Crippen LogP contribution in [0.15, 0.2) is 0 Å². The smallest absolute Gasteiger partial charge is 0.300 e. The maximum atomic E-state index is 9.00. The second kappa shape index (κ2) is 13.4. The van der Waals surface area contributed by atoms with Gasteiger partial charge in [-0.15, -0.1) is 0 Å².